The predicted molar refractivity (Wildman–Crippen MR) is 85.1 cm³/mol. The third-order valence-electron chi connectivity index (χ3n) is 3.61. The van der Waals surface area contributed by atoms with E-state index in [1.165, 1.54) is 18.4 Å². The molecule has 0 aromatic heterocycles. The zero-order valence-electron chi connectivity index (χ0n) is 12.9. The molecule has 3 unspecified atom stereocenters. The van der Waals surface area contributed by atoms with Crippen LogP contribution in [0.4, 0.5) is 0 Å². The normalized spacial score (nSPS) is 36.4. The molecule has 0 bridgehead atoms. The predicted octanol–water partition coefficient (Wildman–Crippen LogP) is 3.78. The molecule has 0 aromatic rings. The van der Waals surface area contributed by atoms with Crippen molar-refractivity contribution in [3.8, 4) is 0 Å². The van der Waals surface area contributed by atoms with Gasteiger partial charge in [0.05, 0.1) is 0 Å². The molecule has 108 valence electrons. The van der Waals surface area contributed by atoms with Gasteiger partial charge < -0.3 is 10.6 Å². The second-order valence-corrected chi connectivity index (χ2v) is 5.26. The summed E-state index contributed by atoms with van der Waals surface area (Å²) < 4.78 is 0. The molecule has 2 aliphatic rings. The molecule has 2 N–H and O–H groups in total. The van der Waals surface area contributed by atoms with Gasteiger partial charge in [0.1, 0.15) is 0 Å². The van der Waals surface area contributed by atoms with Gasteiger partial charge in [0, 0.05) is 18.6 Å². The van der Waals surface area contributed by atoms with Gasteiger partial charge in [-0.3, -0.25) is 0 Å². The summed E-state index contributed by atoms with van der Waals surface area (Å²) in [5.41, 5.74) is 1.51. The molecule has 1 saturated heterocycles. The zero-order valence-corrected chi connectivity index (χ0v) is 12.9. The van der Waals surface area contributed by atoms with Crippen LogP contribution in [0.2, 0.25) is 0 Å². The Bertz CT molecular complexity index is 322. The average Bonchev–Trinajstić information content (AvgIpc) is 2.40. The van der Waals surface area contributed by atoms with Gasteiger partial charge in [0.15, 0.2) is 0 Å². The minimum atomic E-state index is 0.548. The first-order valence-corrected chi connectivity index (χ1v) is 7.75. The van der Waals surface area contributed by atoms with Crippen LogP contribution in [0, 0.1) is 5.92 Å². The maximum Gasteiger partial charge on any atom is 0.0325 e. The topological polar surface area (TPSA) is 24.1 Å². The van der Waals surface area contributed by atoms with Gasteiger partial charge in [-0.1, -0.05) is 45.1 Å². The molecule has 0 radical (unpaired) electrons. The Hall–Kier alpha value is -1.02. The third kappa shape index (κ3) is 5.65. The van der Waals surface area contributed by atoms with Gasteiger partial charge in [-0.2, -0.15) is 0 Å². The average molecular weight is 262 g/mol. The summed E-state index contributed by atoms with van der Waals surface area (Å²) in [6.45, 7) is 9.49. The molecule has 2 aliphatic heterocycles. The van der Waals surface area contributed by atoms with Crippen molar-refractivity contribution in [2.75, 3.05) is 6.54 Å². The first kappa shape index (κ1) is 16.0. The van der Waals surface area contributed by atoms with E-state index in [4.69, 9.17) is 0 Å². The van der Waals surface area contributed by atoms with E-state index >= 15 is 0 Å². The van der Waals surface area contributed by atoms with Gasteiger partial charge in [-0.25, -0.2) is 0 Å². The van der Waals surface area contributed by atoms with Crippen LogP contribution in [0.5, 0.6) is 0 Å². The van der Waals surface area contributed by atoms with E-state index in [1.807, 2.05) is 13.8 Å². The van der Waals surface area contributed by atoms with Crippen LogP contribution in [-0.4, -0.2) is 18.6 Å². The van der Waals surface area contributed by atoms with Crippen LogP contribution in [0.3, 0.4) is 0 Å². The summed E-state index contributed by atoms with van der Waals surface area (Å²) in [4.78, 5) is 0. The SMILES string of the molecule is CC.CC1CC(C/C2=C/NC/C=C\C/C=C\C2C)N1. The van der Waals surface area contributed by atoms with E-state index in [1.54, 1.807) is 0 Å². The van der Waals surface area contributed by atoms with Crippen molar-refractivity contribution in [2.45, 2.75) is 59.0 Å². The second kappa shape index (κ2) is 8.98. The lowest BCUT2D eigenvalue weighted by atomic mass is 9.87. The van der Waals surface area contributed by atoms with Crippen molar-refractivity contribution in [2.24, 2.45) is 5.92 Å². The summed E-state index contributed by atoms with van der Waals surface area (Å²) in [7, 11) is 0. The number of allylic oxidation sites excluding steroid dienone is 3. The number of hydrogen-bond donors (Lipinski definition) is 2. The van der Waals surface area contributed by atoms with Crippen LogP contribution < -0.4 is 10.6 Å². The zero-order chi connectivity index (χ0) is 14.1. The maximum absolute atomic E-state index is 3.57. The number of nitrogens with one attached hydrogen (secondary N) is 2. The molecular weight excluding hydrogens is 232 g/mol. The van der Waals surface area contributed by atoms with Crippen LogP contribution in [0.25, 0.3) is 0 Å². The lowest BCUT2D eigenvalue weighted by Gasteiger charge is -2.36. The molecular formula is C17H30N2. The minimum absolute atomic E-state index is 0.548. The van der Waals surface area contributed by atoms with Crippen LogP contribution in [0.1, 0.15) is 47.0 Å². The highest BCUT2D eigenvalue weighted by atomic mass is 15.0. The lowest BCUT2D eigenvalue weighted by molar-refractivity contribution is 0.277. The Kier molecular flexibility index (Phi) is 7.57. The summed E-state index contributed by atoms with van der Waals surface area (Å²) in [5, 5.41) is 6.96. The monoisotopic (exact) mass is 262 g/mol. The van der Waals surface area contributed by atoms with Crippen molar-refractivity contribution < 1.29 is 0 Å². The van der Waals surface area contributed by atoms with Crippen molar-refractivity contribution in [1.82, 2.24) is 10.6 Å². The molecule has 2 heterocycles. The Morgan fingerprint density at radius 3 is 2.58 bits per heavy atom. The summed E-state index contributed by atoms with van der Waals surface area (Å²) in [6.07, 6.45) is 14.8. The van der Waals surface area contributed by atoms with Crippen LogP contribution in [0.15, 0.2) is 36.1 Å². The van der Waals surface area contributed by atoms with Gasteiger partial charge in [0.25, 0.3) is 0 Å². The third-order valence-corrected chi connectivity index (χ3v) is 3.61. The van der Waals surface area contributed by atoms with E-state index in [0.29, 0.717) is 18.0 Å². The smallest absolute Gasteiger partial charge is 0.0325 e. The maximum atomic E-state index is 3.57. The van der Waals surface area contributed by atoms with Gasteiger partial charge in [-0.15, -0.1) is 0 Å². The fourth-order valence-electron chi connectivity index (χ4n) is 2.53. The van der Waals surface area contributed by atoms with Crippen LogP contribution in [-0.2, 0) is 0 Å². The summed E-state index contributed by atoms with van der Waals surface area (Å²) in [5.74, 6) is 0.548. The van der Waals surface area contributed by atoms with Crippen molar-refractivity contribution in [3.63, 3.8) is 0 Å². The highest BCUT2D eigenvalue weighted by Gasteiger charge is 2.25. The van der Waals surface area contributed by atoms with E-state index in [2.05, 4.69) is 55.0 Å². The largest absolute Gasteiger partial charge is 0.387 e. The molecule has 2 nitrogen and oxygen atoms in total. The van der Waals surface area contributed by atoms with Gasteiger partial charge >= 0.3 is 0 Å². The van der Waals surface area contributed by atoms with E-state index < -0.39 is 0 Å². The lowest BCUT2D eigenvalue weighted by Crippen LogP contribution is -2.50. The van der Waals surface area contributed by atoms with E-state index in [9.17, 15) is 0 Å². The molecule has 1 fully saturated rings. The van der Waals surface area contributed by atoms with E-state index in [-0.39, 0.29) is 0 Å². The Balaban J connectivity index is 0.000000861. The van der Waals surface area contributed by atoms with Crippen molar-refractivity contribution in [1.29, 1.82) is 0 Å². The molecule has 2 rings (SSSR count). The van der Waals surface area contributed by atoms with E-state index in [0.717, 1.165) is 13.0 Å². The first-order valence-electron chi connectivity index (χ1n) is 7.75. The highest BCUT2D eigenvalue weighted by molar-refractivity contribution is 5.16. The first-order chi connectivity index (χ1) is 9.25. The Labute approximate surface area is 119 Å². The van der Waals surface area contributed by atoms with Crippen molar-refractivity contribution >= 4 is 0 Å². The fraction of sp³-hybridized carbons (Fsp3) is 0.647. The standard InChI is InChI=1S/C15H24N2.C2H6/c1-12-7-5-3-4-6-8-16-11-14(12)10-15-9-13(2)17-15;1-2/h4-7,11-13,15-17H,3,8-10H2,1-2H3;1-2H3/b6-4-,7-5-,14-11-;. The molecule has 0 spiro atoms. The minimum Gasteiger partial charge on any atom is -0.387 e. The van der Waals surface area contributed by atoms with Gasteiger partial charge in [-0.05, 0) is 43.9 Å². The number of rotatable bonds is 2. The second-order valence-electron chi connectivity index (χ2n) is 5.26. The molecule has 0 saturated carbocycles. The Morgan fingerprint density at radius 1 is 1.16 bits per heavy atom. The molecule has 3 atom stereocenters. The summed E-state index contributed by atoms with van der Waals surface area (Å²) in [6, 6.07) is 1.40. The van der Waals surface area contributed by atoms with Gasteiger partial charge in [0.2, 0.25) is 0 Å². The fourth-order valence-corrected chi connectivity index (χ4v) is 2.53. The quantitative estimate of drug-likeness (QED) is 0.740. The van der Waals surface area contributed by atoms with Crippen molar-refractivity contribution in [3.05, 3.63) is 36.1 Å². The molecule has 2 heteroatoms. The molecule has 0 amide bonds. The Morgan fingerprint density at radius 2 is 1.89 bits per heavy atom. The number of hydrogen-bond acceptors (Lipinski definition) is 2. The molecule has 0 aliphatic carbocycles. The van der Waals surface area contributed by atoms with Crippen LogP contribution >= 0.6 is 0 Å². The highest BCUT2D eigenvalue weighted by Crippen LogP contribution is 2.24. The summed E-state index contributed by atoms with van der Waals surface area (Å²) >= 11 is 0. The molecule has 0 aromatic carbocycles. The molecule has 19 heavy (non-hydrogen) atoms.